The molecule has 0 aliphatic rings. The van der Waals surface area contributed by atoms with E-state index in [0.717, 1.165) is 11.3 Å². The molecule has 1 N–H and O–H groups in total. The third-order valence-corrected chi connectivity index (χ3v) is 3.53. The number of hydrogen-bond donors (Lipinski definition) is 1. The molecule has 0 unspecified atom stereocenters. The van der Waals surface area contributed by atoms with E-state index in [1.807, 2.05) is 13.8 Å². The zero-order valence-electron chi connectivity index (χ0n) is 13.6. The summed E-state index contributed by atoms with van der Waals surface area (Å²) in [6.45, 7) is 4.05. The molecule has 4 nitrogen and oxygen atoms in total. The van der Waals surface area contributed by atoms with Gasteiger partial charge in [-0.25, -0.2) is 4.39 Å². The van der Waals surface area contributed by atoms with Gasteiger partial charge in [0.2, 0.25) is 0 Å². The Bertz CT molecular complexity index is 713. The van der Waals surface area contributed by atoms with Crippen LogP contribution < -0.4 is 14.8 Å². The van der Waals surface area contributed by atoms with Gasteiger partial charge >= 0.3 is 0 Å². The van der Waals surface area contributed by atoms with Gasteiger partial charge in [0.25, 0.3) is 5.91 Å². The van der Waals surface area contributed by atoms with Crippen LogP contribution in [0.15, 0.2) is 36.4 Å². The third-order valence-electron chi connectivity index (χ3n) is 3.53. The zero-order chi connectivity index (χ0) is 17.0. The van der Waals surface area contributed by atoms with Crippen LogP contribution in [0.2, 0.25) is 0 Å². The van der Waals surface area contributed by atoms with Crippen LogP contribution in [0.3, 0.4) is 0 Å². The lowest BCUT2D eigenvalue weighted by Crippen LogP contribution is -2.13. The lowest BCUT2D eigenvalue weighted by molar-refractivity contribution is 0.102. The number of ether oxygens (including phenoxy) is 2. The van der Waals surface area contributed by atoms with Crippen molar-refractivity contribution in [3.8, 4) is 11.5 Å². The van der Waals surface area contributed by atoms with E-state index < -0.39 is 5.82 Å². The first-order chi connectivity index (χ1) is 11.0. The largest absolute Gasteiger partial charge is 0.496 e. The van der Waals surface area contributed by atoms with Gasteiger partial charge in [-0.15, -0.1) is 0 Å². The highest BCUT2D eigenvalue weighted by Gasteiger charge is 2.15. The predicted octanol–water partition coefficient (Wildman–Crippen LogP) is 4.22. The van der Waals surface area contributed by atoms with E-state index in [2.05, 4.69) is 5.32 Å². The first kappa shape index (κ1) is 16.8. The van der Waals surface area contributed by atoms with Gasteiger partial charge < -0.3 is 14.8 Å². The van der Waals surface area contributed by atoms with Crippen LogP contribution in [-0.4, -0.2) is 20.1 Å². The van der Waals surface area contributed by atoms with Gasteiger partial charge in [0.15, 0.2) is 11.6 Å². The Balaban J connectivity index is 2.32. The lowest BCUT2D eigenvalue weighted by Gasteiger charge is -2.14. The maximum Gasteiger partial charge on any atom is 0.255 e. The fourth-order valence-electron chi connectivity index (χ4n) is 2.34. The number of amides is 1. The SMILES string of the molecule is COc1ccc(C(=O)Nc2cccc(F)c2OC)cc1C(C)C. The van der Waals surface area contributed by atoms with Gasteiger partial charge in [-0.2, -0.15) is 0 Å². The highest BCUT2D eigenvalue weighted by molar-refractivity contribution is 6.05. The molecule has 0 aromatic heterocycles. The Morgan fingerprint density at radius 3 is 2.48 bits per heavy atom. The number of rotatable bonds is 5. The molecule has 0 radical (unpaired) electrons. The minimum absolute atomic E-state index is 0.0124. The Morgan fingerprint density at radius 2 is 1.87 bits per heavy atom. The molecular formula is C18H20FNO3. The summed E-state index contributed by atoms with van der Waals surface area (Å²) in [5.74, 6) is 0.0982. The fraction of sp³-hybridized carbons (Fsp3) is 0.278. The second kappa shape index (κ2) is 7.13. The average molecular weight is 317 g/mol. The second-order valence-electron chi connectivity index (χ2n) is 5.39. The van der Waals surface area contributed by atoms with Gasteiger partial charge in [-0.1, -0.05) is 19.9 Å². The lowest BCUT2D eigenvalue weighted by atomic mass is 9.99. The maximum atomic E-state index is 13.7. The number of anilines is 1. The van der Waals surface area contributed by atoms with E-state index >= 15 is 0 Å². The van der Waals surface area contributed by atoms with Crippen LogP contribution in [0.4, 0.5) is 10.1 Å². The molecule has 0 saturated carbocycles. The van der Waals surface area contributed by atoms with E-state index in [1.54, 1.807) is 31.4 Å². The maximum absolute atomic E-state index is 13.7. The van der Waals surface area contributed by atoms with Gasteiger partial charge in [0, 0.05) is 5.56 Å². The molecule has 122 valence electrons. The van der Waals surface area contributed by atoms with Gasteiger partial charge in [-0.05, 0) is 41.8 Å². The number of para-hydroxylation sites is 1. The summed E-state index contributed by atoms with van der Waals surface area (Å²) < 4.78 is 24.0. The molecule has 2 rings (SSSR count). The molecule has 0 atom stereocenters. The Morgan fingerprint density at radius 1 is 1.13 bits per heavy atom. The van der Waals surface area contributed by atoms with Crippen LogP contribution in [0.5, 0.6) is 11.5 Å². The molecule has 1 amide bonds. The monoisotopic (exact) mass is 317 g/mol. The molecule has 0 spiro atoms. The first-order valence-electron chi connectivity index (χ1n) is 7.29. The van der Waals surface area contributed by atoms with Crippen molar-refractivity contribution in [1.82, 2.24) is 0 Å². The number of methoxy groups -OCH3 is 2. The number of halogens is 1. The summed E-state index contributed by atoms with van der Waals surface area (Å²) in [7, 11) is 2.96. The molecule has 0 fully saturated rings. The quantitative estimate of drug-likeness (QED) is 0.898. The molecule has 2 aromatic rings. The third kappa shape index (κ3) is 3.62. The van der Waals surface area contributed by atoms with Crippen molar-refractivity contribution in [3.63, 3.8) is 0 Å². The summed E-state index contributed by atoms with van der Waals surface area (Å²) in [5.41, 5.74) is 1.70. The van der Waals surface area contributed by atoms with Crippen molar-refractivity contribution in [2.45, 2.75) is 19.8 Å². The number of carbonyl (C=O) groups excluding carboxylic acids is 1. The highest BCUT2D eigenvalue weighted by Crippen LogP contribution is 2.30. The van der Waals surface area contributed by atoms with Crippen LogP contribution in [0.1, 0.15) is 35.7 Å². The number of carbonyl (C=O) groups is 1. The van der Waals surface area contributed by atoms with Gasteiger partial charge in [0.05, 0.1) is 19.9 Å². The van der Waals surface area contributed by atoms with E-state index in [4.69, 9.17) is 9.47 Å². The van der Waals surface area contributed by atoms with Gasteiger partial charge in [-0.3, -0.25) is 4.79 Å². The first-order valence-corrected chi connectivity index (χ1v) is 7.29. The van der Waals surface area contributed by atoms with Crippen LogP contribution in [-0.2, 0) is 0 Å². The Labute approximate surface area is 135 Å². The summed E-state index contributed by atoms with van der Waals surface area (Å²) in [4.78, 5) is 12.4. The summed E-state index contributed by atoms with van der Waals surface area (Å²) in [6.07, 6.45) is 0. The van der Waals surface area contributed by atoms with E-state index in [1.165, 1.54) is 19.2 Å². The summed E-state index contributed by atoms with van der Waals surface area (Å²) in [5, 5.41) is 2.68. The molecule has 0 heterocycles. The van der Waals surface area contributed by atoms with Crippen LogP contribution in [0.25, 0.3) is 0 Å². The molecule has 23 heavy (non-hydrogen) atoms. The molecular weight excluding hydrogens is 297 g/mol. The molecule has 0 aliphatic heterocycles. The molecule has 0 saturated heterocycles. The Kier molecular flexibility index (Phi) is 5.21. The smallest absolute Gasteiger partial charge is 0.255 e. The minimum Gasteiger partial charge on any atom is -0.496 e. The van der Waals surface area contributed by atoms with Crippen molar-refractivity contribution >= 4 is 11.6 Å². The van der Waals surface area contributed by atoms with Crippen molar-refractivity contribution in [1.29, 1.82) is 0 Å². The standard InChI is InChI=1S/C18H20FNO3/c1-11(2)13-10-12(8-9-16(13)22-3)18(21)20-15-7-5-6-14(19)17(15)23-4/h5-11H,1-4H3,(H,20,21). The summed E-state index contributed by atoms with van der Waals surface area (Å²) >= 11 is 0. The van der Waals surface area contributed by atoms with Crippen LogP contribution in [0, 0.1) is 5.82 Å². The van der Waals surface area contributed by atoms with E-state index in [0.29, 0.717) is 11.3 Å². The molecule has 5 heteroatoms. The zero-order valence-corrected chi connectivity index (χ0v) is 13.6. The number of hydrogen-bond acceptors (Lipinski definition) is 3. The normalized spacial score (nSPS) is 10.5. The van der Waals surface area contributed by atoms with Crippen molar-refractivity contribution < 1.29 is 18.7 Å². The van der Waals surface area contributed by atoms with E-state index in [9.17, 15) is 9.18 Å². The minimum atomic E-state index is -0.525. The van der Waals surface area contributed by atoms with E-state index in [-0.39, 0.29) is 17.6 Å². The van der Waals surface area contributed by atoms with Crippen molar-refractivity contribution in [3.05, 3.63) is 53.3 Å². The Hall–Kier alpha value is -2.56. The van der Waals surface area contributed by atoms with Crippen LogP contribution >= 0.6 is 0 Å². The van der Waals surface area contributed by atoms with Crippen molar-refractivity contribution in [2.24, 2.45) is 0 Å². The second-order valence-corrected chi connectivity index (χ2v) is 5.39. The fourth-order valence-corrected chi connectivity index (χ4v) is 2.34. The summed E-state index contributed by atoms with van der Waals surface area (Å²) in [6, 6.07) is 9.59. The molecule has 0 bridgehead atoms. The predicted molar refractivity (Wildman–Crippen MR) is 88.0 cm³/mol. The van der Waals surface area contributed by atoms with Gasteiger partial charge in [0.1, 0.15) is 5.75 Å². The average Bonchev–Trinajstić information content (AvgIpc) is 2.54. The number of nitrogens with one attached hydrogen (secondary N) is 1. The molecule has 0 aliphatic carbocycles. The number of benzene rings is 2. The van der Waals surface area contributed by atoms with Crippen molar-refractivity contribution in [2.75, 3.05) is 19.5 Å². The highest BCUT2D eigenvalue weighted by atomic mass is 19.1. The topological polar surface area (TPSA) is 47.6 Å². The molecule has 2 aromatic carbocycles.